The molecule has 0 amide bonds. The van der Waals surface area contributed by atoms with E-state index in [-0.39, 0.29) is 0 Å². The molecule has 0 spiro atoms. The number of aromatic nitrogens is 4. The van der Waals surface area contributed by atoms with Crippen molar-refractivity contribution in [1.82, 2.24) is 19.7 Å². The summed E-state index contributed by atoms with van der Waals surface area (Å²) in [5, 5.41) is 3.93. The fourth-order valence-electron chi connectivity index (χ4n) is 5.37. The van der Waals surface area contributed by atoms with Crippen LogP contribution in [0.2, 0.25) is 0 Å². The second-order valence-corrected chi connectivity index (χ2v) is 11.9. The van der Waals surface area contributed by atoms with Gasteiger partial charge < -0.3 is 9.30 Å². The SMILES string of the molecule is CCCc1nc2c(NS(C)(=O)=O)cccc2n1Cc1ccc2c(c1)COc1ccccc1/C2=C(\C)c1noc(=O)[nH]1. The largest absolute Gasteiger partial charge is 0.488 e. The van der Waals surface area contributed by atoms with Crippen LogP contribution in [0.3, 0.4) is 0 Å². The van der Waals surface area contributed by atoms with E-state index in [4.69, 9.17) is 14.2 Å². The van der Waals surface area contributed by atoms with Gasteiger partial charge in [-0.3, -0.25) is 14.2 Å². The summed E-state index contributed by atoms with van der Waals surface area (Å²) < 4.78 is 39.7. The predicted octanol–water partition coefficient (Wildman–Crippen LogP) is 4.96. The van der Waals surface area contributed by atoms with Crippen molar-refractivity contribution in [3.8, 4) is 5.75 Å². The van der Waals surface area contributed by atoms with Crippen molar-refractivity contribution in [3.63, 3.8) is 0 Å². The molecular formula is C30H29N5O5S. The van der Waals surface area contributed by atoms with Gasteiger partial charge in [-0.15, -0.1) is 0 Å². The maximum Gasteiger partial charge on any atom is 0.439 e. The van der Waals surface area contributed by atoms with Gasteiger partial charge in [0.05, 0.1) is 17.5 Å². The van der Waals surface area contributed by atoms with Crippen LogP contribution in [-0.2, 0) is 29.6 Å². The predicted molar refractivity (Wildman–Crippen MR) is 157 cm³/mol. The van der Waals surface area contributed by atoms with Gasteiger partial charge in [0.25, 0.3) is 0 Å². The number of nitrogens with one attached hydrogen (secondary N) is 2. The highest BCUT2D eigenvalue weighted by Crippen LogP contribution is 2.40. The maximum atomic E-state index is 12.0. The fraction of sp³-hybridized carbons (Fsp3) is 0.233. The van der Waals surface area contributed by atoms with Crippen molar-refractivity contribution in [1.29, 1.82) is 0 Å². The Labute approximate surface area is 236 Å². The topological polar surface area (TPSA) is 132 Å². The number of rotatable bonds is 7. The fourth-order valence-corrected chi connectivity index (χ4v) is 5.94. The summed E-state index contributed by atoms with van der Waals surface area (Å²) in [7, 11) is -3.46. The molecule has 3 aromatic carbocycles. The van der Waals surface area contributed by atoms with Gasteiger partial charge in [-0.2, -0.15) is 0 Å². The van der Waals surface area contributed by atoms with Crippen LogP contribution in [0.15, 0.2) is 70.0 Å². The van der Waals surface area contributed by atoms with E-state index in [0.717, 1.165) is 69.6 Å². The number of hydrogen-bond donors (Lipinski definition) is 2. The van der Waals surface area contributed by atoms with E-state index in [1.165, 1.54) is 0 Å². The molecule has 0 fully saturated rings. The summed E-state index contributed by atoms with van der Waals surface area (Å²) in [6.45, 7) is 4.90. The number of ether oxygens (including phenoxy) is 1. The summed E-state index contributed by atoms with van der Waals surface area (Å²) >= 11 is 0. The van der Waals surface area contributed by atoms with Crippen LogP contribution in [0.25, 0.3) is 22.2 Å². The molecular weight excluding hydrogens is 542 g/mol. The molecule has 0 bridgehead atoms. The minimum atomic E-state index is -3.46. The molecule has 0 aliphatic carbocycles. The lowest BCUT2D eigenvalue weighted by Gasteiger charge is -2.15. The Morgan fingerprint density at radius 2 is 1.93 bits per heavy atom. The number of anilines is 1. The molecule has 2 aromatic heterocycles. The van der Waals surface area contributed by atoms with Crippen molar-refractivity contribution in [2.75, 3.05) is 11.0 Å². The molecule has 11 heteroatoms. The van der Waals surface area contributed by atoms with Crippen molar-refractivity contribution in [2.45, 2.75) is 39.8 Å². The summed E-state index contributed by atoms with van der Waals surface area (Å²) in [6.07, 6.45) is 2.78. The lowest BCUT2D eigenvalue weighted by molar-refractivity contribution is 0.307. The van der Waals surface area contributed by atoms with Crippen LogP contribution in [0.4, 0.5) is 5.69 Å². The number of para-hydroxylation sites is 2. The number of fused-ring (bicyclic) bond motifs is 3. The number of imidazole rings is 1. The van der Waals surface area contributed by atoms with Crippen LogP contribution < -0.4 is 15.2 Å². The van der Waals surface area contributed by atoms with Gasteiger partial charge in [-0.25, -0.2) is 18.2 Å². The first-order valence-electron chi connectivity index (χ1n) is 13.3. The van der Waals surface area contributed by atoms with E-state index in [9.17, 15) is 13.2 Å². The molecule has 0 saturated heterocycles. The zero-order valence-corrected chi connectivity index (χ0v) is 23.7. The molecule has 0 saturated carbocycles. The summed E-state index contributed by atoms with van der Waals surface area (Å²) in [5.74, 6) is 1.38. The summed E-state index contributed by atoms with van der Waals surface area (Å²) in [4.78, 5) is 19.2. The molecule has 1 aliphatic rings. The standard InChI is InChI=1S/C30H29N5O5S/c1-4-8-26-31-28-23(34-41(3,37)38)10-7-11-24(28)35(26)16-19-13-14-21-20(15-19)17-39-25-12-6-5-9-22(25)27(21)18(2)29-32-30(36)40-33-29/h5-7,9-15,34H,4,8,16-17H2,1-3H3,(H,32,33,36)/b27-18+. The van der Waals surface area contributed by atoms with Gasteiger partial charge in [0.15, 0.2) is 5.82 Å². The maximum absolute atomic E-state index is 12.0. The van der Waals surface area contributed by atoms with Gasteiger partial charge >= 0.3 is 5.76 Å². The smallest absolute Gasteiger partial charge is 0.439 e. The molecule has 10 nitrogen and oxygen atoms in total. The highest BCUT2D eigenvalue weighted by molar-refractivity contribution is 7.92. The normalized spacial score (nSPS) is 14.2. The van der Waals surface area contributed by atoms with Gasteiger partial charge in [-0.1, -0.05) is 48.5 Å². The lowest BCUT2D eigenvalue weighted by atomic mass is 9.89. The molecule has 6 rings (SSSR count). The highest BCUT2D eigenvalue weighted by atomic mass is 32.2. The molecule has 0 atom stereocenters. The third-order valence-electron chi connectivity index (χ3n) is 7.12. The number of aryl methyl sites for hydroxylation is 1. The molecule has 2 N–H and O–H groups in total. The minimum absolute atomic E-state index is 0.362. The Hall–Kier alpha value is -4.64. The Morgan fingerprint density at radius 3 is 2.68 bits per heavy atom. The van der Waals surface area contributed by atoms with Crippen molar-refractivity contribution >= 4 is 37.9 Å². The quantitative estimate of drug-likeness (QED) is 0.282. The lowest BCUT2D eigenvalue weighted by Crippen LogP contribution is -2.10. The first-order valence-corrected chi connectivity index (χ1v) is 15.2. The van der Waals surface area contributed by atoms with Crippen LogP contribution in [0.5, 0.6) is 5.75 Å². The highest BCUT2D eigenvalue weighted by Gasteiger charge is 2.24. The summed E-state index contributed by atoms with van der Waals surface area (Å²) in [6, 6.07) is 19.6. The zero-order valence-electron chi connectivity index (χ0n) is 22.9. The molecule has 5 aromatic rings. The average molecular weight is 572 g/mol. The minimum Gasteiger partial charge on any atom is -0.488 e. The number of benzene rings is 3. The van der Waals surface area contributed by atoms with E-state index in [1.807, 2.05) is 43.3 Å². The third-order valence-corrected chi connectivity index (χ3v) is 7.71. The number of H-pyrrole nitrogens is 1. The summed E-state index contributed by atoms with van der Waals surface area (Å²) in [5.41, 5.74) is 7.51. The molecule has 41 heavy (non-hydrogen) atoms. The van der Waals surface area contributed by atoms with Gasteiger partial charge in [0.2, 0.25) is 10.0 Å². The molecule has 1 aliphatic heterocycles. The Bertz CT molecular complexity index is 1980. The molecule has 3 heterocycles. The Kier molecular flexibility index (Phi) is 6.74. The Balaban J connectivity index is 1.46. The number of hydrogen-bond acceptors (Lipinski definition) is 7. The van der Waals surface area contributed by atoms with Crippen LogP contribution in [0, 0.1) is 0 Å². The van der Waals surface area contributed by atoms with Gasteiger partial charge in [0.1, 0.15) is 23.7 Å². The van der Waals surface area contributed by atoms with E-state index in [1.54, 1.807) is 6.07 Å². The van der Waals surface area contributed by atoms with Crippen LogP contribution in [0.1, 0.15) is 54.2 Å². The van der Waals surface area contributed by atoms with E-state index >= 15 is 0 Å². The van der Waals surface area contributed by atoms with Crippen LogP contribution in [-0.4, -0.2) is 34.4 Å². The first kappa shape index (κ1) is 26.6. The second-order valence-electron chi connectivity index (χ2n) is 10.1. The van der Waals surface area contributed by atoms with Gasteiger partial charge in [-0.05, 0) is 59.9 Å². The van der Waals surface area contributed by atoms with Crippen LogP contribution >= 0.6 is 0 Å². The van der Waals surface area contributed by atoms with E-state index < -0.39 is 15.8 Å². The number of allylic oxidation sites excluding steroid dienone is 1. The molecule has 210 valence electrons. The number of nitrogens with zero attached hydrogens (tertiary/aromatic N) is 3. The number of aromatic amines is 1. The van der Waals surface area contributed by atoms with Gasteiger partial charge in [0, 0.05) is 24.1 Å². The van der Waals surface area contributed by atoms with Crippen molar-refractivity contribution in [2.24, 2.45) is 0 Å². The Morgan fingerprint density at radius 1 is 1.10 bits per heavy atom. The average Bonchev–Trinajstić information content (AvgIpc) is 3.47. The van der Waals surface area contributed by atoms with E-state index in [0.29, 0.717) is 30.2 Å². The third kappa shape index (κ3) is 5.16. The zero-order chi connectivity index (χ0) is 28.7. The first-order chi connectivity index (χ1) is 19.7. The molecule has 0 radical (unpaired) electrons. The van der Waals surface area contributed by atoms with E-state index in [2.05, 4.69) is 44.6 Å². The van der Waals surface area contributed by atoms with Crippen molar-refractivity contribution < 1.29 is 17.7 Å². The monoisotopic (exact) mass is 571 g/mol. The van der Waals surface area contributed by atoms with Crippen molar-refractivity contribution in [3.05, 3.63) is 105 Å². The number of sulfonamides is 1. The molecule has 0 unspecified atom stereocenters. The second kappa shape index (κ2) is 10.4.